The minimum atomic E-state index is -0.272. The Bertz CT molecular complexity index is 912. The summed E-state index contributed by atoms with van der Waals surface area (Å²) in [5.74, 6) is 0.453. The van der Waals surface area contributed by atoms with Crippen LogP contribution in [0.15, 0.2) is 70.9 Å². The molecule has 0 radical (unpaired) electrons. The third-order valence-electron chi connectivity index (χ3n) is 4.39. The molecule has 1 atom stereocenters. The fourth-order valence-electron chi connectivity index (χ4n) is 2.92. The molecule has 28 heavy (non-hydrogen) atoms. The molecule has 0 saturated heterocycles. The van der Waals surface area contributed by atoms with Crippen molar-refractivity contribution in [1.29, 1.82) is 0 Å². The number of amides is 1. The molecule has 0 bridgehead atoms. The Morgan fingerprint density at radius 3 is 2.68 bits per heavy atom. The van der Waals surface area contributed by atoms with E-state index < -0.39 is 0 Å². The minimum absolute atomic E-state index is 0.106. The summed E-state index contributed by atoms with van der Waals surface area (Å²) in [5, 5.41) is 5.08. The molecule has 0 aliphatic heterocycles. The van der Waals surface area contributed by atoms with E-state index in [0.29, 0.717) is 12.1 Å². The monoisotopic (exact) mass is 414 g/mol. The number of nitrogens with zero attached hydrogens (tertiary/aromatic N) is 1. The number of hydrogen-bond acceptors (Lipinski definition) is 4. The predicted molar refractivity (Wildman–Crippen MR) is 115 cm³/mol. The number of thiophene rings is 1. The van der Waals surface area contributed by atoms with Gasteiger partial charge < -0.3 is 10.2 Å². The molecule has 0 aliphatic rings. The Labute approximate surface area is 173 Å². The van der Waals surface area contributed by atoms with Crippen LogP contribution in [0.25, 0.3) is 0 Å². The van der Waals surface area contributed by atoms with Crippen molar-refractivity contribution in [3.63, 3.8) is 0 Å². The maximum absolute atomic E-state index is 13.6. The number of benzene rings is 2. The first-order chi connectivity index (χ1) is 13.5. The summed E-state index contributed by atoms with van der Waals surface area (Å²) in [5.41, 5.74) is 1.51. The number of thioether (sulfide) groups is 1. The average molecular weight is 415 g/mol. The van der Waals surface area contributed by atoms with Gasteiger partial charge in [0.15, 0.2) is 0 Å². The number of nitrogens with one attached hydrogen (secondary N) is 1. The lowest BCUT2D eigenvalue weighted by atomic mass is 10.1. The maximum Gasteiger partial charge on any atom is 0.252 e. The molecule has 1 amide bonds. The van der Waals surface area contributed by atoms with Crippen LogP contribution >= 0.6 is 23.1 Å². The number of likely N-dealkylation sites (N-methyl/N-ethyl adjacent to an activating group) is 1. The first kappa shape index (κ1) is 20.6. The van der Waals surface area contributed by atoms with Crippen LogP contribution < -0.4 is 5.32 Å². The Morgan fingerprint density at radius 2 is 1.96 bits per heavy atom. The molecule has 0 fully saturated rings. The summed E-state index contributed by atoms with van der Waals surface area (Å²) in [4.78, 5) is 17.1. The van der Waals surface area contributed by atoms with Crippen molar-refractivity contribution in [2.75, 3.05) is 20.6 Å². The van der Waals surface area contributed by atoms with Crippen molar-refractivity contribution in [2.45, 2.75) is 16.7 Å². The highest BCUT2D eigenvalue weighted by molar-refractivity contribution is 7.98. The zero-order valence-corrected chi connectivity index (χ0v) is 17.5. The lowest BCUT2D eigenvalue weighted by molar-refractivity contribution is 0.0939. The molecule has 0 unspecified atom stereocenters. The van der Waals surface area contributed by atoms with E-state index in [1.165, 1.54) is 17.0 Å². The van der Waals surface area contributed by atoms with Crippen molar-refractivity contribution in [3.8, 4) is 0 Å². The summed E-state index contributed by atoms with van der Waals surface area (Å²) in [6.07, 6.45) is 0. The lowest BCUT2D eigenvalue weighted by Crippen LogP contribution is -2.34. The molecule has 0 saturated carbocycles. The van der Waals surface area contributed by atoms with Gasteiger partial charge in [-0.3, -0.25) is 4.79 Å². The van der Waals surface area contributed by atoms with E-state index in [4.69, 9.17) is 0 Å². The summed E-state index contributed by atoms with van der Waals surface area (Å²) in [6.45, 7) is 0.402. The highest BCUT2D eigenvalue weighted by Crippen LogP contribution is 2.28. The van der Waals surface area contributed by atoms with Crippen LogP contribution in [-0.2, 0) is 5.75 Å². The van der Waals surface area contributed by atoms with Crippen molar-refractivity contribution in [1.82, 2.24) is 10.2 Å². The Balaban J connectivity index is 1.68. The Hall–Kier alpha value is -2.15. The molecule has 1 N–H and O–H groups in total. The summed E-state index contributed by atoms with van der Waals surface area (Å²) < 4.78 is 13.6. The molecular formula is C22H23FN2OS2. The molecule has 3 aromatic rings. The summed E-state index contributed by atoms with van der Waals surface area (Å²) >= 11 is 3.38. The van der Waals surface area contributed by atoms with Gasteiger partial charge in [0, 0.05) is 22.1 Å². The molecule has 2 aromatic carbocycles. The van der Waals surface area contributed by atoms with Crippen LogP contribution in [0.2, 0.25) is 0 Å². The van der Waals surface area contributed by atoms with Crippen LogP contribution in [0.4, 0.5) is 4.39 Å². The highest BCUT2D eigenvalue weighted by Gasteiger charge is 2.18. The molecule has 6 heteroatoms. The summed E-state index contributed by atoms with van der Waals surface area (Å²) in [7, 11) is 3.85. The summed E-state index contributed by atoms with van der Waals surface area (Å²) in [6, 6.07) is 18.2. The van der Waals surface area contributed by atoms with E-state index in [-0.39, 0.29) is 17.8 Å². The van der Waals surface area contributed by atoms with E-state index in [1.54, 1.807) is 29.2 Å². The molecule has 3 nitrogen and oxygen atoms in total. The van der Waals surface area contributed by atoms with E-state index in [0.717, 1.165) is 16.2 Å². The molecule has 0 aliphatic carbocycles. The third kappa shape index (κ3) is 5.44. The molecule has 3 rings (SSSR count). The van der Waals surface area contributed by atoms with E-state index >= 15 is 0 Å². The topological polar surface area (TPSA) is 32.3 Å². The van der Waals surface area contributed by atoms with Gasteiger partial charge in [-0.25, -0.2) is 4.39 Å². The zero-order valence-electron chi connectivity index (χ0n) is 15.9. The minimum Gasteiger partial charge on any atom is -0.350 e. The first-order valence-electron chi connectivity index (χ1n) is 8.99. The van der Waals surface area contributed by atoms with Crippen molar-refractivity contribution in [2.24, 2.45) is 0 Å². The number of halogens is 1. The highest BCUT2D eigenvalue weighted by atomic mass is 32.2. The van der Waals surface area contributed by atoms with E-state index in [1.807, 2.05) is 55.4 Å². The van der Waals surface area contributed by atoms with Gasteiger partial charge in [0.25, 0.3) is 5.91 Å². The van der Waals surface area contributed by atoms with Gasteiger partial charge in [-0.2, -0.15) is 0 Å². The second kappa shape index (κ2) is 9.87. The number of carbonyl (C=O) groups is 1. The normalized spacial score (nSPS) is 12.1. The fourth-order valence-corrected chi connectivity index (χ4v) is 4.74. The second-order valence-corrected chi connectivity index (χ2v) is 8.66. The van der Waals surface area contributed by atoms with Crippen LogP contribution in [0.3, 0.4) is 0 Å². The standard InChI is InChI=1S/C22H23FN2OS2/c1-25(2)20(16-7-5-8-17(23)13-16)14-24-22(26)19-10-3-4-11-21(19)28-15-18-9-6-12-27-18/h3-13,20H,14-15H2,1-2H3,(H,24,26)/t20-/m1/s1. The van der Waals surface area contributed by atoms with Gasteiger partial charge in [-0.1, -0.05) is 30.3 Å². The number of carbonyl (C=O) groups excluding carboxylic acids is 1. The third-order valence-corrected chi connectivity index (χ3v) is 6.58. The molecule has 146 valence electrons. The molecule has 0 spiro atoms. The SMILES string of the molecule is CN(C)[C@H](CNC(=O)c1ccccc1SCc1cccs1)c1cccc(F)c1. The van der Waals surface area contributed by atoms with Crippen LogP contribution in [0.5, 0.6) is 0 Å². The smallest absolute Gasteiger partial charge is 0.252 e. The van der Waals surface area contributed by atoms with Crippen molar-refractivity contribution >= 4 is 29.0 Å². The van der Waals surface area contributed by atoms with Gasteiger partial charge in [0.2, 0.25) is 0 Å². The van der Waals surface area contributed by atoms with Gasteiger partial charge in [-0.15, -0.1) is 23.1 Å². The largest absolute Gasteiger partial charge is 0.350 e. The van der Waals surface area contributed by atoms with Gasteiger partial charge in [0.1, 0.15) is 5.82 Å². The average Bonchev–Trinajstić information content (AvgIpc) is 3.20. The molecular weight excluding hydrogens is 391 g/mol. The van der Waals surface area contributed by atoms with E-state index in [2.05, 4.69) is 16.8 Å². The Kier molecular flexibility index (Phi) is 7.25. The zero-order chi connectivity index (χ0) is 19.9. The van der Waals surface area contributed by atoms with Gasteiger partial charge >= 0.3 is 0 Å². The Morgan fingerprint density at radius 1 is 1.14 bits per heavy atom. The maximum atomic E-state index is 13.6. The van der Waals surface area contributed by atoms with Crippen molar-refractivity contribution in [3.05, 3.63) is 87.9 Å². The second-order valence-electron chi connectivity index (χ2n) is 6.61. The van der Waals surface area contributed by atoms with Crippen LogP contribution in [-0.4, -0.2) is 31.4 Å². The number of rotatable bonds is 8. The van der Waals surface area contributed by atoms with Crippen LogP contribution in [0, 0.1) is 5.82 Å². The lowest BCUT2D eigenvalue weighted by Gasteiger charge is -2.25. The molecule has 1 aromatic heterocycles. The fraction of sp³-hybridized carbons (Fsp3) is 0.227. The molecule has 1 heterocycles. The van der Waals surface area contributed by atoms with Crippen LogP contribution in [0.1, 0.15) is 26.8 Å². The first-order valence-corrected chi connectivity index (χ1v) is 10.9. The van der Waals surface area contributed by atoms with Gasteiger partial charge in [0.05, 0.1) is 11.6 Å². The van der Waals surface area contributed by atoms with E-state index in [9.17, 15) is 9.18 Å². The quantitative estimate of drug-likeness (QED) is 0.514. The number of hydrogen-bond donors (Lipinski definition) is 1. The van der Waals surface area contributed by atoms with Crippen molar-refractivity contribution < 1.29 is 9.18 Å². The predicted octanol–water partition coefficient (Wildman–Crippen LogP) is 5.21. The van der Waals surface area contributed by atoms with Gasteiger partial charge in [-0.05, 0) is 55.4 Å².